The Morgan fingerprint density at radius 3 is 2.91 bits per heavy atom. The number of hydrogen-bond acceptors (Lipinski definition) is 9. The molecule has 7 nitrogen and oxygen atoms in total. The maximum Gasteiger partial charge on any atom is 0.191 e. The van der Waals surface area contributed by atoms with Crippen LogP contribution in [-0.2, 0) is 6.42 Å². The maximum atomic E-state index is 4.40. The smallest absolute Gasteiger partial charge is 0.191 e. The topological polar surface area (TPSA) is 76.6 Å². The van der Waals surface area contributed by atoms with Gasteiger partial charge in [0.05, 0.1) is 24.3 Å². The summed E-state index contributed by atoms with van der Waals surface area (Å²) < 4.78 is 2.36. The Kier molecular flexibility index (Phi) is 5.53. The molecule has 3 heterocycles. The number of aliphatic imine (C=N–C) groups is 1. The highest BCUT2D eigenvalue weighted by atomic mass is 32.2. The van der Waals surface area contributed by atoms with Gasteiger partial charge in [-0.25, -0.2) is 9.29 Å². The molecule has 122 valence electrons. The van der Waals surface area contributed by atoms with Gasteiger partial charge in [0.25, 0.3) is 0 Å². The number of nitrogens with zero attached hydrogens (tertiary/aromatic N) is 3. The van der Waals surface area contributed by atoms with E-state index in [0.29, 0.717) is 0 Å². The summed E-state index contributed by atoms with van der Waals surface area (Å²) in [4.78, 5) is 8.78. The summed E-state index contributed by atoms with van der Waals surface area (Å²) in [5.41, 5.74) is 3.05. The van der Waals surface area contributed by atoms with E-state index >= 15 is 0 Å². The van der Waals surface area contributed by atoms with Crippen LogP contribution >= 0.6 is 23.3 Å². The van der Waals surface area contributed by atoms with Gasteiger partial charge in [-0.15, -0.1) is 11.3 Å². The third-order valence-electron chi connectivity index (χ3n) is 3.85. The number of thiazole rings is 1. The Morgan fingerprint density at radius 2 is 2.27 bits per heavy atom. The summed E-state index contributed by atoms with van der Waals surface area (Å²) in [5, 5.41) is 16.0. The van der Waals surface area contributed by atoms with Gasteiger partial charge in [-0.1, -0.05) is 11.9 Å². The summed E-state index contributed by atoms with van der Waals surface area (Å²) in [6.07, 6.45) is 3.07. The van der Waals surface area contributed by atoms with Gasteiger partial charge < -0.3 is 10.6 Å². The van der Waals surface area contributed by atoms with Crippen molar-refractivity contribution in [3.05, 3.63) is 16.6 Å². The molecule has 0 radical (unpaired) electrons. The molecule has 0 amide bonds. The number of nitrogens with one attached hydrogen (secondary N) is 4. The van der Waals surface area contributed by atoms with Gasteiger partial charge in [-0.3, -0.25) is 15.6 Å². The first-order valence-corrected chi connectivity index (χ1v) is 9.66. The summed E-state index contributed by atoms with van der Waals surface area (Å²) in [5.74, 6) is 0.651. The Morgan fingerprint density at radius 1 is 1.41 bits per heavy atom. The van der Waals surface area contributed by atoms with Crippen molar-refractivity contribution in [2.24, 2.45) is 4.99 Å². The predicted octanol–water partition coefficient (Wildman–Crippen LogP) is -0.339. The number of rotatable bonds is 7. The van der Waals surface area contributed by atoms with E-state index < -0.39 is 0 Å². The minimum atomic E-state index is -0.248. The van der Waals surface area contributed by atoms with Crippen molar-refractivity contribution in [1.82, 2.24) is 30.6 Å². The van der Waals surface area contributed by atoms with E-state index in [1.165, 1.54) is 0 Å². The molecule has 1 fully saturated rings. The Balaban J connectivity index is 1.61. The summed E-state index contributed by atoms with van der Waals surface area (Å²) in [6, 6.07) is 0. The van der Waals surface area contributed by atoms with Crippen molar-refractivity contribution in [2.75, 3.05) is 45.5 Å². The average molecular weight is 342 g/mol. The van der Waals surface area contributed by atoms with Crippen molar-refractivity contribution in [2.45, 2.75) is 12.2 Å². The molecule has 1 aromatic heterocycles. The zero-order valence-corrected chi connectivity index (χ0v) is 14.4. The van der Waals surface area contributed by atoms with E-state index in [0.717, 1.165) is 57.3 Å². The number of aromatic nitrogens is 1. The van der Waals surface area contributed by atoms with Gasteiger partial charge in [-0.05, 0) is 6.26 Å². The molecule has 0 atom stereocenters. The van der Waals surface area contributed by atoms with Crippen LogP contribution in [0.4, 0.5) is 0 Å². The van der Waals surface area contributed by atoms with Crippen LogP contribution in [-0.4, -0.2) is 66.6 Å². The molecule has 2 aliphatic heterocycles. The number of guanidine groups is 1. The second-order valence-electron chi connectivity index (χ2n) is 5.24. The van der Waals surface area contributed by atoms with E-state index in [1.807, 2.05) is 5.51 Å². The lowest BCUT2D eigenvalue weighted by Gasteiger charge is -2.40. The largest absolute Gasteiger partial charge is 0.355 e. The van der Waals surface area contributed by atoms with Gasteiger partial charge in [0.1, 0.15) is 0 Å². The highest BCUT2D eigenvalue weighted by Crippen LogP contribution is 2.20. The first-order chi connectivity index (χ1) is 10.8. The molecule has 0 unspecified atom stereocenters. The lowest BCUT2D eigenvalue weighted by molar-refractivity contribution is 0.155. The average Bonchev–Trinajstić information content (AvgIpc) is 3.29. The van der Waals surface area contributed by atoms with Crippen molar-refractivity contribution in [3.8, 4) is 0 Å². The van der Waals surface area contributed by atoms with Crippen LogP contribution < -0.4 is 21.3 Å². The second kappa shape index (κ2) is 7.60. The predicted molar refractivity (Wildman–Crippen MR) is 93.1 cm³/mol. The quantitative estimate of drug-likeness (QED) is 0.506. The molecule has 0 aromatic carbocycles. The molecule has 1 saturated heterocycles. The zero-order chi connectivity index (χ0) is 15.3. The van der Waals surface area contributed by atoms with Crippen LogP contribution in [0.15, 0.2) is 15.9 Å². The fourth-order valence-electron chi connectivity index (χ4n) is 2.73. The Labute approximate surface area is 139 Å². The molecule has 0 spiro atoms. The normalized spacial score (nSPS) is 20.2. The van der Waals surface area contributed by atoms with Crippen LogP contribution in [0.1, 0.15) is 5.69 Å². The number of hydrogen-bond donors (Lipinski definition) is 4. The molecular weight excluding hydrogens is 318 g/mol. The standard InChI is InChI=1S/C13H23N7S2/c1-21-20(7-2-11-8-22-10-17-11)13(18-5-6-19-13)9-16-12-14-3-4-15-12/h8,10,18-19H,2-7,9H2,1H3,(H2,14,15,16). The van der Waals surface area contributed by atoms with Gasteiger partial charge in [0, 0.05) is 38.0 Å². The molecule has 1 aromatic rings. The fraction of sp³-hybridized carbons (Fsp3) is 0.692. The lowest BCUT2D eigenvalue weighted by Crippen LogP contribution is -2.66. The molecule has 0 saturated carbocycles. The molecular formula is C13H23N7S2. The van der Waals surface area contributed by atoms with Crippen molar-refractivity contribution < 1.29 is 0 Å². The molecule has 4 N–H and O–H groups in total. The van der Waals surface area contributed by atoms with Crippen LogP contribution in [0.2, 0.25) is 0 Å². The van der Waals surface area contributed by atoms with Crippen LogP contribution in [0.3, 0.4) is 0 Å². The van der Waals surface area contributed by atoms with Gasteiger partial charge in [0.2, 0.25) is 0 Å². The minimum absolute atomic E-state index is 0.248. The Bertz CT molecular complexity index is 485. The van der Waals surface area contributed by atoms with Crippen molar-refractivity contribution in [1.29, 1.82) is 0 Å². The molecule has 0 bridgehead atoms. The summed E-state index contributed by atoms with van der Waals surface area (Å²) >= 11 is 3.41. The van der Waals surface area contributed by atoms with Gasteiger partial charge in [-0.2, -0.15) is 0 Å². The maximum absolute atomic E-state index is 4.40. The fourth-order valence-corrected chi connectivity index (χ4v) is 4.11. The van der Waals surface area contributed by atoms with E-state index in [1.54, 1.807) is 23.3 Å². The highest BCUT2D eigenvalue weighted by Gasteiger charge is 2.39. The summed E-state index contributed by atoms with van der Waals surface area (Å²) in [7, 11) is 0. The van der Waals surface area contributed by atoms with Crippen LogP contribution in [0, 0.1) is 0 Å². The van der Waals surface area contributed by atoms with Crippen molar-refractivity contribution in [3.63, 3.8) is 0 Å². The lowest BCUT2D eigenvalue weighted by atomic mass is 10.3. The first-order valence-electron chi connectivity index (χ1n) is 7.53. The SMILES string of the molecule is CSN(CCc1cscn1)C1(CNC2=NCCN2)NCCN1. The second-order valence-corrected chi connectivity index (χ2v) is 6.76. The third kappa shape index (κ3) is 3.72. The third-order valence-corrected chi connectivity index (χ3v) is 5.42. The molecule has 9 heteroatoms. The van der Waals surface area contributed by atoms with E-state index in [9.17, 15) is 0 Å². The minimum Gasteiger partial charge on any atom is -0.355 e. The van der Waals surface area contributed by atoms with Gasteiger partial charge >= 0.3 is 0 Å². The van der Waals surface area contributed by atoms with E-state index in [2.05, 4.69) is 47.2 Å². The van der Waals surface area contributed by atoms with Crippen LogP contribution in [0.25, 0.3) is 0 Å². The van der Waals surface area contributed by atoms with E-state index in [4.69, 9.17) is 0 Å². The van der Waals surface area contributed by atoms with Crippen LogP contribution in [0.5, 0.6) is 0 Å². The monoisotopic (exact) mass is 341 g/mol. The van der Waals surface area contributed by atoms with Gasteiger partial charge in [0.15, 0.2) is 11.7 Å². The van der Waals surface area contributed by atoms with Crippen molar-refractivity contribution >= 4 is 29.2 Å². The zero-order valence-electron chi connectivity index (χ0n) is 12.8. The first kappa shape index (κ1) is 16.0. The highest BCUT2D eigenvalue weighted by molar-refractivity contribution is 7.96. The van der Waals surface area contributed by atoms with E-state index in [-0.39, 0.29) is 5.79 Å². The summed E-state index contributed by atoms with van der Waals surface area (Å²) in [6.45, 7) is 5.41. The Hall–Kier alpha value is -0.870. The molecule has 3 rings (SSSR count). The molecule has 0 aliphatic carbocycles. The molecule has 2 aliphatic rings. The molecule has 22 heavy (non-hydrogen) atoms.